The zero-order valence-corrected chi connectivity index (χ0v) is 62.3. The molecule has 0 fully saturated rings. The predicted octanol–water partition coefficient (Wildman–Crippen LogP) is 27.9. The largest absolute Gasteiger partial charge is 0.466 e. The van der Waals surface area contributed by atoms with E-state index in [1.54, 1.807) is 0 Å². The van der Waals surface area contributed by atoms with E-state index < -0.39 is 12.1 Å². The molecule has 0 radical (unpaired) electrons. The van der Waals surface area contributed by atoms with Crippen LogP contribution in [0.2, 0.25) is 0 Å². The molecule has 1 amide bonds. The number of carbonyl (C=O) groups is 2. The molecule has 2 atom stereocenters. The van der Waals surface area contributed by atoms with E-state index in [1.807, 2.05) is 0 Å². The number of unbranched alkanes of at least 4 members (excludes halogenated alkanes) is 60. The summed E-state index contributed by atoms with van der Waals surface area (Å²) in [4.78, 5) is 24.7. The molecular weight excluding hydrogens is 1130 g/mol. The van der Waals surface area contributed by atoms with Crippen LogP contribution in [0.25, 0.3) is 0 Å². The lowest BCUT2D eigenvalue weighted by Gasteiger charge is -2.22. The number of aliphatic hydroxyl groups is 2. The highest BCUT2D eigenvalue weighted by molar-refractivity contribution is 5.76. The predicted molar refractivity (Wildman–Crippen MR) is 407 cm³/mol. The van der Waals surface area contributed by atoms with Crippen LogP contribution >= 0.6 is 0 Å². The Balaban J connectivity index is 3.37. The Morgan fingerprint density at radius 1 is 0.304 bits per heavy atom. The van der Waals surface area contributed by atoms with Crippen molar-refractivity contribution in [1.29, 1.82) is 0 Å². The first-order valence-corrected chi connectivity index (χ1v) is 41.9. The third kappa shape index (κ3) is 76.8. The van der Waals surface area contributed by atoms with E-state index in [0.717, 1.165) is 57.8 Å². The fraction of sp³-hybridized carbons (Fsp3) is 0.884. The Hall–Kier alpha value is -2.18. The van der Waals surface area contributed by atoms with Gasteiger partial charge in [-0.2, -0.15) is 0 Å². The maximum absolute atomic E-state index is 12.6. The fourth-order valence-electron chi connectivity index (χ4n) is 13.2. The zero-order chi connectivity index (χ0) is 66.3. The van der Waals surface area contributed by atoms with E-state index in [9.17, 15) is 19.8 Å². The van der Waals surface area contributed by atoms with Gasteiger partial charge in [0.15, 0.2) is 0 Å². The highest BCUT2D eigenvalue weighted by Gasteiger charge is 2.20. The monoisotopic (exact) mass is 1290 g/mol. The molecular formula is C86H163NO5. The van der Waals surface area contributed by atoms with Gasteiger partial charge in [-0.15, -0.1) is 0 Å². The van der Waals surface area contributed by atoms with Crippen LogP contribution in [0.15, 0.2) is 48.6 Å². The molecule has 2 unspecified atom stereocenters. The lowest BCUT2D eigenvalue weighted by molar-refractivity contribution is -0.143. The molecule has 0 aliphatic heterocycles. The number of esters is 1. The van der Waals surface area contributed by atoms with Crippen LogP contribution in [0.3, 0.4) is 0 Å². The number of ether oxygens (including phenoxy) is 1. The van der Waals surface area contributed by atoms with Gasteiger partial charge in [0.05, 0.1) is 25.4 Å². The van der Waals surface area contributed by atoms with Crippen molar-refractivity contribution in [2.24, 2.45) is 0 Å². The lowest BCUT2D eigenvalue weighted by atomic mass is 10.0. The van der Waals surface area contributed by atoms with Crippen molar-refractivity contribution < 1.29 is 24.5 Å². The van der Waals surface area contributed by atoms with E-state index in [-0.39, 0.29) is 18.5 Å². The second-order valence-electron chi connectivity index (χ2n) is 28.8. The quantitative estimate of drug-likeness (QED) is 0.0320. The van der Waals surface area contributed by atoms with Gasteiger partial charge in [0.2, 0.25) is 5.91 Å². The molecule has 0 aliphatic rings. The lowest BCUT2D eigenvalue weighted by Crippen LogP contribution is -2.45. The Labute approximate surface area is 576 Å². The van der Waals surface area contributed by atoms with Crippen molar-refractivity contribution in [3.05, 3.63) is 48.6 Å². The summed E-state index contributed by atoms with van der Waals surface area (Å²) in [6.07, 6.45) is 108. The van der Waals surface area contributed by atoms with Crippen LogP contribution in [-0.4, -0.2) is 47.4 Å². The molecule has 0 aromatic heterocycles. The molecule has 0 spiro atoms. The SMILES string of the molecule is CCCCCC/C=C\C/C=C\CCCCCCCCCC(=O)OCCCCCCCCCCCCC/C=C\C/C=C\CCCCCCCCCCCCCCCCCCCC(=O)NC(CO)C(O)CCCCCCCCCCCCCCCCCCCCCCCC. The van der Waals surface area contributed by atoms with Crippen LogP contribution in [-0.2, 0) is 14.3 Å². The van der Waals surface area contributed by atoms with Gasteiger partial charge in [0, 0.05) is 12.8 Å². The third-order valence-electron chi connectivity index (χ3n) is 19.6. The normalized spacial score (nSPS) is 12.7. The molecule has 92 heavy (non-hydrogen) atoms. The minimum absolute atomic E-state index is 0.0101. The standard InChI is InChI=1S/C86H163NO5/c1-3-5-7-9-11-13-15-17-19-21-23-24-40-43-46-50-54-58-62-66-70-74-78-84(89)83(82-88)87-85(90)79-75-71-67-63-59-55-51-47-44-41-38-36-34-32-30-28-26-25-27-29-31-33-35-37-39-42-45-49-53-57-61-65-69-73-77-81-92-86(91)80-76-72-68-64-60-56-52-48-22-20-18-16-14-12-10-8-6-4-2/h14,16,20,22,27,29,33,35,83-84,88-89H,3-13,15,17-19,21,23-26,28,30-32,34,36-82H2,1-2H3,(H,87,90)/b16-14-,22-20-,29-27-,35-33-. The third-order valence-corrected chi connectivity index (χ3v) is 19.6. The van der Waals surface area contributed by atoms with Crippen LogP contribution < -0.4 is 5.32 Å². The van der Waals surface area contributed by atoms with Crippen molar-refractivity contribution in [2.45, 2.75) is 475 Å². The minimum Gasteiger partial charge on any atom is -0.466 e. The Bertz CT molecular complexity index is 1540. The van der Waals surface area contributed by atoms with Crippen LogP contribution in [0, 0.1) is 0 Å². The maximum atomic E-state index is 12.6. The Kier molecular flexibility index (Phi) is 79.3. The van der Waals surface area contributed by atoms with Gasteiger partial charge in [-0.25, -0.2) is 0 Å². The highest BCUT2D eigenvalue weighted by Crippen LogP contribution is 2.20. The maximum Gasteiger partial charge on any atom is 0.305 e. The van der Waals surface area contributed by atoms with Crippen LogP contribution in [0.1, 0.15) is 463 Å². The summed E-state index contributed by atoms with van der Waals surface area (Å²) in [5.41, 5.74) is 0. The molecule has 6 heteroatoms. The fourth-order valence-corrected chi connectivity index (χ4v) is 13.2. The second-order valence-corrected chi connectivity index (χ2v) is 28.8. The number of rotatable bonds is 79. The van der Waals surface area contributed by atoms with Crippen molar-refractivity contribution in [3.63, 3.8) is 0 Å². The van der Waals surface area contributed by atoms with E-state index in [4.69, 9.17) is 4.74 Å². The van der Waals surface area contributed by atoms with Crippen LogP contribution in [0.4, 0.5) is 0 Å². The molecule has 542 valence electrons. The molecule has 0 heterocycles. The first-order valence-electron chi connectivity index (χ1n) is 41.9. The molecule has 0 aromatic rings. The summed E-state index contributed by atoms with van der Waals surface area (Å²) < 4.78 is 5.51. The van der Waals surface area contributed by atoms with Gasteiger partial charge in [-0.3, -0.25) is 9.59 Å². The number of allylic oxidation sites excluding steroid dienone is 8. The van der Waals surface area contributed by atoms with E-state index in [0.29, 0.717) is 25.9 Å². The number of hydrogen-bond acceptors (Lipinski definition) is 5. The average molecular weight is 1290 g/mol. The topological polar surface area (TPSA) is 95.9 Å². The number of hydrogen-bond donors (Lipinski definition) is 3. The van der Waals surface area contributed by atoms with Gasteiger partial charge in [-0.1, -0.05) is 409 Å². The molecule has 0 aromatic carbocycles. The summed E-state index contributed by atoms with van der Waals surface area (Å²) in [5, 5.41) is 23.5. The molecule has 3 N–H and O–H groups in total. The average Bonchev–Trinajstić information content (AvgIpc) is 3.77. The molecule has 0 rings (SSSR count). The smallest absolute Gasteiger partial charge is 0.305 e. The minimum atomic E-state index is -0.665. The summed E-state index contributed by atoms with van der Waals surface area (Å²) in [6.45, 7) is 4.98. The second kappa shape index (κ2) is 81.2. The summed E-state index contributed by atoms with van der Waals surface area (Å²) in [6, 6.07) is -0.542. The highest BCUT2D eigenvalue weighted by atomic mass is 16.5. The Morgan fingerprint density at radius 3 is 0.837 bits per heavy atom. The van der Waals surface area contributed by atoms with Gasteiger partial charge >= 0.3 is 5.97 Å². The summed E-state index contributed by atoms with van der Waals surface area (Å²) in [5.74, 6) is -0.0175. The molecule has 6 nitrogen and oxygen atoms in total. The number of carbonyl (C=O) groups excluding carboxylic acids is 2. The molecule has 0 bridgehead atoms. The summed E-state index contributed by atoms with van der Waals surface area (Å²) >= 11 is 0. The van der Waals surface area contributed by atoms with E-state index in [1.165, 1.54) is 372 Å². The summed E-state index contributed by atoms with van der Waals surface area (Å²) in [7, 11) is 0. The van der Waals surface area contributed by atoms with Crippen LogP contribution in [0.5, 0.6) is 0 Å². The molecule has 0 aliphatic carbocycles. The van der Waals surface area contributed by atoms with Crippen molar-refractivity contribution >= 4 is 11.9 Å². The van der Waals surface area contributed by atoms with Gasteiger partial charge in [-0.05, 0) is 89.9 Å². The van der Waals surface area contributed by atoms with Crippen molar-refractivity contribution in [2.75, 3.05) is 13.2 Å². The number of amides is 1. The van der Waals surface area contributed by atoms with Gasteiger partial charge in [0.1, 0.15) is 0 Å². The zero-order valence-electron chi connectivity index (χ0n) is 62.3. The molecule has 0 saturated heterocycles. The first kappa shape index (κ1) is 89.8. The molecule has 0 saturated carbocycles. The van der Waals surface area contributed by atoms with Crippen molar-refractivity contribution in [3.8, 4) is 0 Å². The Morgan fingerprint density at radius 2 is 0.543 bits per heavy atom. The number of nitrogens with one attached hydrogen (secondary N) is 1. The van der Waals surface area contributed by atoms with E-state index >= 15 is 0 Å². The number of aliphatic hydroxyl groups excluding tert-OH is 2. The van der Waals surface area contributed by atoms with Crippen molar-refractivity contribution in [1.82, 2.24) is 5.32 Å². The van der Waals surface area contributed by atoms with Gasteiger partial charge < -0.3 is 20.3 Å². The first-order chi connectivity index (χ1) is 45.5. The van der Waals surface area contributed by atoms with E-state index in [2.05, 4.69) is 67.8 Å². The van der Waals surface area contributed by atoms with Gasteiger partial charge in [0.25, 0.3) is 0 Å².